The summed E-state index contributed by atoms with van der Waals surface area (Å²) in [5.74, 6) is 0.289. The molecule has 0 aromatic carbocycles. The Labute approximate surface area is 217 Å². The van der Waals surface area contributed by atoms with Gasteiger partial charge in [-0.15, -0.1) is 0 Å². The molecule has 3 aromatic rings. The monoisotopic (exact) mass is 553 g/mol. The number of anilines is 2. The zero-order chi connectivity index (χ0) is 27.4. The maximum Gasteiger partial charge on any atom is 0.226 e. The van der Waals surface area contributed by atoms with Crippen LogP contribution in [0, 0.1) is 5.41 Å². The molecule has 1 saturated heterocycles. The number of imidazole rings is 1. The highest BCUT2D eigenvalue weighted by atomic mass is 32.2. The lowest BCUT2D eigenvalue weighted by atomic mass is 10.1. The molecule has 0 spiro atoms. The SMILES string of the molecule is CCc1cc([C@H]2O[C@@H](n3cnc4c(NCCS(=O)(=O)NC)nc(NCCNC(=N)N)nc43)[C@H](O)[C@@H]2O)on1. The second-order valence-electron chi connectivity index (χ2n) is 8.44. The highest BCUT2D eigenvalue weighted by Gasteiger charge is 2.47. The number of guanidine groups is 1. The van der Waals surface area contributed by atoms with Crippen molar-refractivity contribution in [1.82, 2.24) is 34.7 Å². The molecule has 3 aromatic heterocycles. The molecule has 18 heteroatoms. The maximum atomic E-state index is 11.8. The fourth-order valence-corrected chi connectivity index (χ4v) is 4.41. The van der Waals surface area contributed by atoms with Crippen molar-refractivity contribution in [1.29, 1.82) is 5.41 Å². The minimum atomic E-state index is -3.47. The number of nitrogens with two attached hydrogens (primary N) is 1. The summed E-state index contributed by atoms with van der Waals surface area (Å²) >= 11 is 0. The largest absolute Gasteiger partial charge is 0.387 e. The first-order valence-electron chi connectivity index (χ1n) is 11.8. The van der Waals surface area contributed by atoms with E-state index >= 15 is 0 Å². The summed E-state index contributed by atoms with van der Waals surface area (Å²) in [6, 6.07) is 1.66. The van der Waals surface area contributed by atoms with Crippen molar-refractivity contribution in [2.75, 3.05) is 43.1 Å². The Morgan fingerprint density at radius 3 is 2.68 bits per heavy atom. The van der Waals surface area contributed by atoms with E-state index in [1.165, 1.54) is 17.9 Å². The molecule has 0 amide bonds. The van der Waals surface area contributed by atoms with Crippen LogP contribution in [0.25, 0.3) is 11.2 Å². The van der Waals surface area contributed by atoms with Crippen LogP contribution in [-0.2, 0) is 21.2 Å². The van der Waals surface area contributed by atoms with Gasteiger partial charge in [-0.1, -0.05) is 12.1 Å². The average molecular weight is 554 g/mol. The number of fused-ring (bicyclic) bond motifs is 1. The lowest BCUT2D eigenvalue weighted by molar-refractivity contribution is -0.0434. The van der Waals surface area contributed by atoms with E-state index in [-0.39, 0.29) is 41.4 Å². The highest BCUT2D eigenvalue weighted by molar-refractivity contribution is 7.89. The average Bonchev–Trinajstić information content (AvgIpc) is 3.60. The van der Waals surface area contributed by atoms with Crippen molar-refractivity contribution < 1.29 is 27.9 Å². The number of rotatable bonds is 12. The summed E-state index contributed by atoms with van der Waals surface area (Å²) in [6.07, 6.45) is -2.69. The first-order valence-corrected chi connectivity index (χ1v) is 13.5. The van der Waals surface area contributed by atoms with Crippen molar-refractivity contribution in [2.24, 2.45) is 5.73 Å². The van der Waals surface area contributed by atoms with Crippen LogP contribution in [0.4, 0.5) is 11.8 Å². The van der Waals surface area contributed by atoms with Crippen LogP contribution in [-0.4, -0.2) is 93.9 Å². The molecule has 1 fully saturated rings. The molecule has 0 unspecified atom stereocenters. The molecule has 1 aliphatic heterocycles. The van der Waals surface area contributed by atoms with Gasteiger partial charge in [0.15, 0.2) is 34.9 Å². The second-order valence-corrected chi connectivity index (χ2v) is 10.5. The van der Waals surface area contributed by atoms with Crippen LogP contribution in [0.2, 0.25) is 0 Å². The molecule has 0 aliphatic carbocycles. The third-order valence-corrected chi connectivity index (χ3v) is 7.22. The van der Waals surface area contributed by atoms with Gasteiger partial charge < -0.3 is 41.2 Å². The molecule has 4 rings (SSSR count). The number of aromatic nitrogens is 5. The number of aliphatic hydroxyl groups is 2. The molecule has 0 saturated carbocycles. The predicted octanol–water partition coefficient (Wildman–Crippen LogP) is -1.78. The molecular formula is C20H31N11O6S. The van der Waals surface area contributed by atoms with Gasteiger partial charge in [-0.3, -0.25) is 9.98 Å². The molecular weight excluding hydrogens is 522 g/mol. The van der Waals surface area contributed by atoms with E-state index in [2.05, 4.69) is 40.8 Å². The van der Waals surface area contributed by atoms with Crippen molar-refractivity contribution in [3.05, 3.63) is 23.8 Å². The Bertz CT molecular complexity index is 1380. The lowest BCUT2D eigenvalue weighted by Crippen LogP contribution is -2.34. The van der Waals surface area contributed by atoms with Crippen LogP contribution in [0.15, 0.2) is 16.9 Å². The van der Waals surface area contributed by atoms with Crippen molar-refractivity contribution in [3.8, 4) is 0 Å². The van der Waals surface area contributed by atoms with E-state index in [1.807, 2.05) is 6.92 Å². The fourth-order valence-electron chi connectivity index (χ4n) is 3.84. The summed E-state index contributed by atoms with van der Waals surface area (Å²) in [5, 5.41) is 41.3. The Morgan fingerprint density at radius 2 is 2.00 bits per heavy atom. The summed E-state index contributed by atoms with van der Waals surface area (Å²) in [5.41, 5.74) is 6.53. The smallest absolute Gasteiger partial charge is 0.226 e. The zero-order valence-electron chi connectivity index (χ0n) is 20.7. The molecule has 4 atom stereocenters. The predicted molar refractivity (Wildman–Crippen MR) is 136 cm³/mol. The van der Waals surface area contributed by atoms with Crippen LogP contribution in [0.1, 0.15) is 30.7 Å². The van der Waals surface area contributed by atoms with Crippen molar-refractivity contribution in [3.63, 3.8) is 0 Å². The summed E-state index contributed by atoms with van der Waals surface area (Å²) in [4.78, 5) is 13.2. The Hall–Kier alpha value is -3.58. The van der Waals surface area contributed by atoms with Crippen LogP contribution < -0.4 is 26.4 Å². The van der Waals surface area contributed by atoms with Gasteiger partial charge in [0.1, 0.15) is 18.3 Å². The second kappa shape index (κ2) is 11.4. The van der Waals surface area contributed by atoms with Crippen LogP contribution in [0.3, 0.4) is 0 Å². The first kappa shape index (κ1) is 27.5. The highest BCUT2D eigenvalue weighted by Crippen LogP contribution is 2.40. The molecule has 0 bridgehead atoms. The standard InChI is InChI=1S/C20H31N11O6S/c1-3-10-8-11(37-30-10)15-13(32)14(33)18(36-15)31-9-27-12-16(24-6-7-38(34,35)23-2)28-20(29-17(12)31)26-5-4-25-19(21)22/h8-9,13-15,18,23,32-33H,3-7H2,1-2H3,(H4,21,22,25)(H2,24,26,28,29)/t13-,14+,15+,18+/m0/s1. The normalized spacial score (nSPS) is 21.6. The van der Waals surface area contributed by atoms with E-state index in [1.54, 1.807) is 6.07 Å². The van der Waals surface area contributed by atoms with Crippen molar-refractivity contribution in [2.45, 2.75) is 37.9 Å². The van der Waals surface area contributed by atoms with Gasteiger partial charge in [0, 0.05) is 25.7 Å². The van der Waals surface area contributed by atoms with Gasteiger partial charge in [0.2, 0.25) is 16.0 Å². The molecule has 38 heavy (non-hydrogen) atoms. The van der Waals surface area contributed by atoms with Crippen LogP contribution >= 0.6 is 0 Å². The van der Waals surface area contributed by atoms with Crippen molar-refractivity contribution >= 4 is 38.9 Å². The number of nitrogens with one attached hydrogen (secondary N) is 5. The van der Waals surface area contributed by atoms with Gasteiger partial charge in [-0.05, 0) is 13.5 Å². The summed E-state index contributed by atoms with van der Waals surface area (Å²) in [7, 11) is -2.14. The number of aliphatic hydroxyl groups excluding tert-OH is 2. The maximum absolute atomic E-state index is 11.8. The minimum Gasteiger partial charge on any atom is -0.387 e. The molecule has 9 N–H and O–H groups in total. The van der Waals surface area contributed by atoms with E-state index in [9.17, 15) is 18.6 Å². The third-order valence-electron chi connectivity index (χ3n) is 5.85. The first-order chi connectivity index (χ1) is 18.1. The summed E-state index contributed by atoms with van der Waals surface area (Å²) < 4.78 is 38.6. The number of sulfonamides is 1. The summed E-state index contributed by atoms with van der Waals surface area (Å²) in [6.45, 7) is 2.56. The van der Waals surface area contributed by atoms with Gasteiger partial charge >= 0.3 is 0 Å². The van der Waals surface area contributed by atoms with Gasteiger partial charge in [0.25, 0.3) is 0 Å². The molecule has 1 aliphatic rings. The van der Waals surface area contributed by atoms with E-state index in [4.69, 9.17) is 20.4 Å². The number of hydrogen-bond acceptors (Lipinski definition) is 13. The molecule has 4 heterocycles. The minimum absolute atomic E-state index is 0.0298. The van der Waals surface area contributed by atoms with Crippen LogP contribution in [0.5, 0.6) is 0 Å². The third kappa shape index (κ3) is 5.94. The molecule has 17 nitrogen and oxygen atoms in total. The number of nitrogens with zero attached hydrogens (tertiary/aromatic N) is 5. The molecule has 0 radical (unpaired) electrons. The molecule has 208 valence electrons. The topological polar surface area (TPSA) is 251 Å². The van der Waals surface area contributed by atoms with E-state index in [0.717, 1.165) is 0 Å². The van der Waals surface area contributed by atoms with Gasteiger partial charge in [-0.2, -0.15) is 9.97 Å². The number of aryl methyl sites for hydroxylation is 1. The number of ether oxygens (including phenoxy) is 1. The Balaban J connectivity index is 1.63. The number of hydrogen-bond donors (Lipinski definition) is 8. The zero-order valence-corrected chi connectivity index (χ0v) is 21.6. The Morgan fingerprint density at radius 1 is 1.21 bits per heavy atom. The lowest BCUT2D eigenvalue weighted by Gasteiger charge is -2.17. The van der Waals surface area contributed by atoms with E-state index < -0.39 is 34.6 Å². The fraction of sp³-hybridized carbons (Fsp3) is 0.550. The van der Waals surface area contributed by atoms with Gasteiger partial charge in [0.05, 0.1) is 17.8 Å². The quantitative estimate of drug-likeness (QED) is 0.0702. The van der Waals surface area contributed by atoms with Gasteiger partial charge in [-0.25, -0.2) is 18.1 Å². The Kier molecular flexibility index (Phi) is 8.26. The van der Waals surface area contributed by atoms with E-state index in [0.29, 0.717) is 30.7 Å².